The lowest BCUT2D eigenvalue weighted by molar-refractivity contribution is -0.122. The van der Waals surface area contributed by atoms with Crippen LogP contribution in [-0.4, -0.2) is 31.6 Å². The van der Waals surface area contributed by atoms with E-state index >= 15 is 0 Å². The first-order valence-electron chi connectivity index (χ1n) is 8.10. The van der Waals surface area contributed by atoms with E-state index in [1.807, 2.05) is 24.3 Å². The van der Waals surface area contributed by atoms with Crippen LogP contribution in [0.25, 0.3) is 0 Å². The Labute approximate surface area is 146 Å². The second kappa shape index (κ2) is 7.25. The Hall–Kier alpha value is -3.02. The van der Waals surface area contributed by atoms with E-state index in [1.54, 1.807) is 32.2 Å². The predicted octanol–water partition coefficient (Wildman–Crippen LogP) is 2.39. The highest BCUT2D eigenvalue weighted by molar-refractivity contribution is 6.00. The lowest BCUT2D eigenvalue weighted by Gasteiger charge is -2.23. The largest absolute Gasteiger partial charge is 0.496 e. The van der Waals surface area contributed by atoms with Gasteiger partial charge in [0.15, 0.2) is 6.10 Å². The van der Waals surface area contributed by atoms with Gasteiger partial charge in [0.05, 0.1) is 12.8 Å². The summed E-state index contributed by atoms with van der Waals surface area (Å²) in [5.41, 5.74) is 2.02. The number of rotatable bonds is 5. The zero-order valence-electron chi connectivity index (χ0n) is 14.2. The van der Waals surface area contributed by atoms with Crippen LogP contribution in [0.15, 0.2) is 42.5 Å². The van der Waals surface area contributed by atoms with Crippen LogP contribution in [-0.2, 0) is 11.2 Å². The van der Waals surface area contributed by atoms with Crippen LogP contribution < -0.4 is 20.1 Å². The normalized spacial score (nSPS) is 15.6. The fourth-order valence-electron chi connectivity index (χ4n) is 2.67. The van der Waals surface area contributed by atoms with E-state index in [4.69, 9.17) is 9.47 Å². The Morgan fingerprint density at radius 2 is 2.08 bits per heavy atom. The number of amides is 2. The van der Waals surface area contributed by atoms with E-state index in [1.165, 1.54) is 0 Å². The van der Waals surface area contributed by atoms with E-state index in [9.17, 15) is 9.59 Å². The zero-order valence-corrected chi connectivity index (χ0v) is 14.2. The molecule has 2 amide bonds. The molecule has 2 aromatic rings. The van der Waals surface area contributed by atoms with Crippen molar-refractivity contribution < 1.29 is 19.1 Å². The van der Waals surface area contributed by atoms with Crippen molar-refractivity contribution >= 4 is 17.5 Å². The maximum Gasteiger partial charge on any atom is 0.265 e. The fourth-order valence-corrected chi connectivity index (χ4v) is 2.67. The lowest BCUT2D eigenvalue weighted by atomic mass is 10.1. The summed E-state index contributed by atoms with van der Waals surface area (Å²) >= 11 is 0. The van der Waals surface area contributed by atoms with Gasteiger partial charge in [-0.1, -0.05) is 18.2 Å². The highest BCUT2D eigenvalue weighted by atomic mass is 16.5. The van der Waals surface area contributed by atoms with Crippen LogP contribution in [0.3, 0.4) is 0 Å². The van der Waals surface area contributed by atoms with Gasteiger partial charge in [-0.05, 0) is 43.2 Å². The van der Waals surface area contributed by atoms with Crippen molar-refractivity contribution in [3.05, 3.63) is 53.6 Å². The van der Waals surface area contributed by atoms with Gasteiger partial charge < -0.3 is 20.1 Å². The molecule has 0 aliphatic carbocycles. The number of nitrogens with one attached hydrogen (secondary N) is 2. The third kappa shape index (κ3) is 3.74. The summed E-state index contributed by atoms with van der Waals surface area (Å²) in [5.74, 6) is 0.948. The average molecular weight is 340 g/mol. The Bertz CT molecular complexity index is 804. The number of anilines is 1. The number of fused-ring (bicyclic) bond motifs is 1. The summed E-state index contributed by atoms with van der Waals surface area (Å²) in [5, 5.41) is 5.62. The molecule has 0 aromatic heterocycles. The standard InChI is InChI=1S/C19H20N2O4/c1-12-18(22)21-15-11-14(7-8-17(15)25-12)19(23)20-10-9-13-5-3-4-6-16(13)24-2/h3-8,11-12H,9-10H2,1-2H3,(H,20,23)(H,21,22). The second-order valence-corrected chi connectivity index (χ2v) is 5.78. The molecule has 6 heteroatoms. The molecule has 3 rings (SSSR count). The molecule has 2 aromatic carbocycles. The molecule has 1 unspecified atom stereocenters. The molecule has 0 radical (unpaired) electrons. The van der Waals surface area contributed by atoms with Crippen molar-refractivity contribution in [2.45, 2.75) is 19.4 Å². The summed E-state index contributed by atoms with van der Waals surface area (Å²) in [7, 11) is 1.63. The summed E-state index contributed by atoms with van der Waals surface area (Å²) in [4.78, 5) is 24.0. The molecule has 130 valence electrons. The Balaban J connectivity index is 1.62. The first-order chi connectivity index (χ1) is 12.1. The molecular formula is C19H20N2O4. The number of carbonyl (C=O) groups excluding carboxylic acids is 2. The number of carbonyl (C=O) groups is 2. The van der Waals surface area contributed by atoms with Gasteiger partial charge in [-0.2, -0.15) is 0 Å². The number of benzene rings is 2. The SMILES string of the molecule is COc1ccccc1CCNC(=O)c1ccc2c(c1)NC(=O)C(C)O2. The number of para-hydroxylation sites is 1. The second-order valence-electron chi connectivity index (χ2n) is 5.78. The summed E-state index contributed by atoms with van der Waals surface area (Å²) in [6, 6.07) is 12.7. The molecule has 1 atom stereocenters. The number of hydrogen-bond donors (Lipinski definition) is 2. The molecule has 0 spiro atoms. The van der Waals surface area contributed by atoms with Gasteiger partial charge in [0, 0.05) is 12.1 Å². The van der Waals surface area contributed by atoms with Crippen molar-refractivity contribution in [1.29, 1.82) is 0 Å². The Morgan fingerprint density at radius 3 is 2.88 bits per heavy atom. The smallest absolute Gasteiger partial charge is 0.265 e. The van der Waals surface area contributed by atoms with Crippen LogP contribution in [0.2, 0.25) is 0 Å². The molecule has 1 heterocycles. The van der Waals surface area contributed by atoms with Crippen LogP contribution >= 0.6 is 0 Å². The van der Waals surface area contributed by atoms with Gasteiger partial charge in [0.1, 0.15) is 11.5 Å². The van der Waals surface area contributed by atoms with Gasteiger partial charge in [-0.3, -0.25) is 9.59 Å². The van der Waals surface area contributed by atoms with Gasteiger partial charge in [0.25, 0.3) is 11.8 Å². The highest BCUT2D eigenvalue weighted by Gasteiger charge is 2.24. The third-order valence-electron chi connectivity index (χ3n) is 4.05. The molecule has 0 fully saturated rings. The quantitative estimate of drug-likeness (QED) is 0.876. The number of methoxy groups -OCH3 is 1. The van der Waals surface area contributed by atoms with E-state index in [0.717, 1.165) is 11.3 Å². The molecule has 0 bridgehead atoms. The van der Waals surface area contributed by atoms with Crippen LogP contribution in [0.1, 0.15) is 22.8 Å². The Morgan fingerprint density at radius 1 is 1.28 bits per heavy atom. The van der Waals surface area contributed by atoms with Crippen LogP contribution in [0.4, 0.5) is 5.69 Å². The van der Waals surface area contributed by atoms with Crippen molar-refractivity contribution in [1.82, 2.24) is 5.32 Å². The molecule has 0 saturated carbocycles. The van der Waals surface area contributed by atoms with E-state index in [2.05, 4.69) is 10.6 Å². The lowest BCUT2D eigenvalue weighted by Crippen LogP contribution is -2.34. The van der Waals surface area contributed by atoms with Gasteiger partial charge in [0.2, 0.25) is 0 Å². The molecule has 1 aliphatic heterocycles. The van der Waals surface area contributed by atoms with E-state index in [0.29, 0.717) is 30.0 Å². The molecule has 25 heavy (non-hydrogen) atoms. The fraction of sp³-hybridized carbons (Fsp3) is 0.263. The van der Waals surface area contributed by atoms with Gasteiger partial charge in [-0.25, -0.2) is 0 Å². The summed E-state index contributed by atoms with van der Waals surface area (Å²) < 4.78 is 10.8. The van der Waals surface area contributed by atoms with Crippen LogP contribution in [0, 0.1) is 0 Å². The minimum atomic E-state index is -0.534. The maximum atomic E-state index is 12.3. The first kappa shape index (κ1) is 16.8. The van der Waals surface area contributed by atoms with Gasteiger partial charge >= 0.3 is 0 Å². The van der Waals surface area contributed by atoms with Crippen molar-refractivity contribution in [3.63, 3.8) is 0 Å². The minimum Gasteiger partial charge on any atom is -0.496 e. The maximum absolute atomic E-state index is 12.3. The monoisotopic (exact) mass is 340 g/mol. The third-order valence-corrected chi connectivity index (χ3v) is 4.05. The van der Waals surface area contributed by atoms with Gasteiger partial charge in [-0.15, -0.1) is 0 Å². The van der Waals surface area contributed by atoms with E-state index in [-0.39, 0.29) is 11.8 Å². The average Bonchev–Trinajstić information content (AvgIpc) is 2.62. The molecular weight excluding hydrogens is 320 g/mol. The van der Waals surface area contributed by atoms with Crippen molar-refractivity contribution in [2.24, 2.45) is 0 Å². The van der Waals surface area contributed by atoms with Crippen molar-refractivity contribution in [2.75, 3.05) is 19.0 Å². The van der Waals surface area contributed by atoms with E-state index < -0.39 is 6.10 Å². The topological polar surface area (TPSA) is 76.7 Å². The zero-order chi connectivity index (χ0) is 17.8. The summed E-state index contributed by atoms with van der Waals surface area (Å²) in [6.07, 6.45) is 0.131. The Kier molecular flexibility index (Phi) is 4.88. The summed E-state index contributed by atoms with van der Waals surface area (Å²) in [6.45, 7) is 2.16. The van der Waals surface area contributed by atoms with Crippen LogP contribution in [0.5, 0.6) is 11.5 Å². The predicted molar refractivity (Wildman–Crippen MR) is 94.2 cm³/mol. The molecule has 0 saturated heterocycles. The number of ether oxygens (including phenoxy) is 2. The molecule has 1 aliphatic rings. The van der Waals surface area contributed by atoms with Crippen molar-refractivity contribution in [3.8, 4) is 11.5 Å². The number of hydrogen-bond acceptors (Lipinski definition) is 4. The molecule has 2 N–H and O–H groups in total. The molecule has 6 nitrogen and oxygen atoms in total. The highest BCUT2D eigenvalue weighted by Crippen LogP contribution is 2.30. The minimum absolute atomic E-state index is 0.203. The first-order valence-corrected chi connectivity index (χ1v) is 8.10.